The molecule has 0 saturated carbocycles. The van der Waals surface area contributed by atoms with E-state index in [9.17, 15) is 14.3 Å². The van der Waals surface area contributed by atoms with Crippen molar-refractivity contribution in [2.24, 2.45) is 0 Å². The van der Waals surface area contributed by atoms with Gasteiger partial charge in [-0.25, -0.2) is 9.18 Å². The van der Waals surface area contributed by atoms with Crippen LogP contribution in [0.1, 0.15) is 30.2 Å². The van der Waals surface area contributed by atoms with Crippen LogP contribution >= 0.6 is 0 Å². The van der Waals surface area contributed by atoms with Gasteiger partial charge in [0.1, 0.15) is 11.3 Å². The summed E-state index contributed by atoms with van der Waals surface area (Å²) >= 11 is 0. The average Bonchev–Trinajstić information content (AvgIpc) is 2.84. The molecule has 0 saturated heterocycles. The molecule has 20 heavy (non-hydrogen) atoms. The Kier molecular flexibility index (Phi) is 3.74. The van der Waals surface area contributed by atoms with Crippen LogP contribution < -0.4 is 4.74 Å². The third-order valence-corrected chi connectivity index (χ3v) is 2.92. The first-order chi connectivity index (χ1) is 9.43. The summed E-state index contributed by atoms with van der Waals surface area (Å²) in [7, 11) is 1.37. The topological polar surface area (TPSA) is 64.4 Å². The van der Waals surface area contributed by atoms with E-state index >= 15 is 0 Å². The van der Waals surface area contributed by atoms with Crippen LogP contribution in [0.25, 0.3) is 11.3 Å². The number of carboxylic acids is 1. The third-order valence-electron chi connectivity index (χ3n) is 2.92. The molecule has 0 radical (unpaired) electrons. The van der Waals surface area contributed by atoms with Crippen molar-refractivity contribution >= 4 is 5.97 Å². The fourth-order valence-electron chi connectivity index (χ4n) is 1.84. The molecule has 5 nitrogen and oxygen atoms in total. The van der Waals surface area contributed by atoms with E-state index in [2.05, 4.69) is 5.10 Å². The molecule has 0 aliphatic rings. The largest absolute Gasteiger partial charge is 0.494 e. The van der Waals surface area contributed by atoms with E-state index < -0.39 is 11.8 Å². The van der Waals surface area contributed by atoms with Gasteiger partial charge in [-0.15, -0.1) is 0 Å². The van der Waals surface area contributed by atoms with Gasteiger partial charge >= 0.3 is 5.97 Å². The van der Waals surface area contributed by atoms with Crippen LogP contribution in [0.15, 0.2) is 24.4 Å². The smallest absolute Gasteiger partial charge is 0.339 e. The Balaban J connectivity index is 2.56. The van der Waals surface area contributed by atoms with Crippen molar-refractivity contribution in [1.82, 2.24) is 9.78 Å². The quantitative estimate of drug-likeness (QED) is 0.933. The van der Waals surface area contributed by atoms with Crippen LogP contribution in [-0.2, 0) is 0 Å². The number of carbonyl (C=O) groups is 1. The Hall–Kier alpha value is -2.37. The van der Waals surface area contributed by atoms with Gasteiger partial charge in [-0.2, -0.15) is 5.10 Å². The molecule has 0 fully saturated rings. The summed E-state index contributed by atoms with van der Waals surface area (Å²) < 4.78 is 20.1. The minimum Gasteiger partial charge on any atom is -0.494 e. The number of aromatic nitrogens is 2. The lowest BCUT2D eigenvalue weighted by molar-refractivity contribution is 0.0697. The summed E-state index contributed by atoms with van der Waals surface area (Å²) in [5, 5.41) is 13.4. The van der Waals surface area contributed by atoms with Gasteiger partial charge in [0.25, 0.3) is 0 Å². The standard InChI is InChI=1S/C14H15FN2O3/c1-8(2)17-7-10(14(18)19)13(16-17)9-4-5-12(20-3)11(15)6-9/h4-8H,1-3H3,(H,18,19). The fourth-order valence-corrected chi connectivity index (χ4v) is 1.84. The maximum absolute atomic E-state index is 13.7. The molecule has 0 amide bonds. The monoisotopic (exact) mass is 278 g/mol. The van der Waals surface area contributed by atoms with E-state index in [-0.39, 0.29) is 23.0 Å². The predicted molar refractivity (Wildman–Crippen MR) is 71.5 cm³/mol. The molecule has 1 aromatic carbocycles. The molecule has 6 heteroatoms. The Morgan fingerprint density at radius 2 is 2.15 bits per heavy atom. The number of hydrogen-bond acceptors (Lipinski definition) is 3. The zero-order valence-electron chi connectivity index (χ0n) is 11.4. The second kappa shape index (κ2) is 5.32. The van der Waals surface area contributed by atoms with Gasteiger partial charge in [0.15, 0.2) is 11.6 Å². The number of hydrogen-bond donors (Lipinski definition) is 1. The summed E-state index contributed by atoms with van der Waals surface area (Å²) in [5.74, 6) is -1.54. The zero-order chi connectivity index (χ0) is 14.9. The lowest BCUT2D eigenvalue weighted by Gasteiger charge is -2.05. The molecule has 0 spiro atoms. The molecule has 2 aromatic rings. The minimum atomic E-state index is -1.09. The van der Waals surface area contributed by atoms with Crippen LogP contribution in [0.3, 0.4) is 0 Å². The van der Waals surface area contributed by atoms with Gasteiger partial charge in [-0.1, -0.05) is 0 Å². The van der Waals surface area contributed by atoms with Gasteiger partial charge in [-0.3, -0.25) is 4.68 Å². The number of rotatable bonds is 4. The highest BCUT2D eigenvalue weighted by Gasteiger charge is 2.19. The molecule has 0 unspecified atom stereocenters. The molecule has 0 bridgehead atoms. The predicted octanol–water partition coefficient (Wildman–Crippen LogP) is 2.98. The van der Waals surface area contributed by atoms with Gasteiger partial charge < -0.3 is 9.84 Å². The molecular weight excluding hydrogens is 263 g/mol. The Morgan fingerprint density at radius 1 is 1.45 bits per heavy atom. The Bertz CT molecular complexity index is 650. The maximum atomic E-state index is 13.7. The number of ether oxygens (including phenoxy) is 1. The van der Waals surface area contributed by atoms with Crippen molar-refractivity contribution < 1.29 is 19.0 Å². The van der Waals surface area contributed by atoms with Crippen LogP contribution in [0.5, 0.6) is 5.75 Å². The van der Waals surface area contributed by atoms with Gasteiger partial charge in [0, 0.05) is 17.8 Å². The molecule has 1 heterocycles. The lowest BCUT2D eigenvalue weighted by Crippen LogP contribution is -2.00. The van der Waals surface area contributed by atoms with Crippen LogP contribution in [-0.4, -0.2) is 28.0 Å². The summed E-state index contributed by atoms with van der Waals surface area (Å²) in [6, 6.07) is 4.27. The van der Waals surface area contributed by atoms with Gasteiger partial charge in [0.2, 0.25) is 0 Å². The molecule has 106 valence electrons. The first kappa shape index (κ1) is 14.0. The van der Waals surface area contributed by atoms with E-state index in [0.29, 0.717) is 5.56 Å². The maximum Gasteiger partial charge on any atom is 0.339 e. The van der Waals surface area contributed by atoms with Gasteiger partial charge in [-0.05, 0) is 32.0 Å². The summed E-state index contributed by atoms with van der Waals surface area (Å²) in [6.07, 6.45) is 1.45. The van der Waals surface area contributed by atoms with Crippen LogP contribution in [0.2, 0.25) is 0 Å². The van der Waals surface area contributed by atoms with E-state index in [1.165, 1.54) is 25.4 Å². The van der Waals surface area contributed by atoms with Crippen molar-refractivity contribution in [3.8, 4) is 17.0 Å². The molecule has 1 N–H and O–H groups in total. The van der Waals surface area contributed by atoms with Crippen molar-refractivity contribution in [2.75, 3.05) is 7.11 Å². The van der Waals surface area contributed by atoms with Crippen molar-refractivity contribution in [3.05, 3.63) is 35.8 Å². The number of benzene rings is 1. The number of nitrogens with zero attached hydrogens (tertiary/aromatic N) is 2. The SMILES string of the molecule is COc1ccc(-c2nn(C(C)C)cc2C(=O)O)cc1F. The zero-order valence-corrected chi connectivity index (χ0v) is 11.4. The Labute approximate surface area is 115 Å². The van der Waals surface area contributed by atoms with Crippen LogP contribution in [0.4, 0.5) is 4.39 Å². The summed E-state index contributed by atoms with van der Waals surface area (Å²) in [5.41, 5.74) is 0.691. The number of carboxylic acid groups (broad SMARTS) is 1. The highest BCUT2D eigenvalue weighted by atomic mass is 19.1. The highest BCUT2D eigenvalue weighted by Crippen LogP contribution is 2.27. The molecular formula is C14H15FN2O3. The number of methoxy groups -OCH3 is 1. The summed E-state index contributed by atoms with van der Waals surface area (Å²) in [4.78, 5) is 11.3. The van der Waals surface area contributed by atoms with E-state index in [0.717, 1.165) is 0 Å². The first-order valence-corrected chi connectivity index (χ1v) is 6.10. The second-order valence-electron chi connectivity index (χ2n) is 4.62. The number of halogens is 1. The average molecular weight is 278 g/mol. The van der Waals surface area contributed by atoms with E-state index in [4.69, 9.17) is 4.74 Å². The lowest BCUT2D eigenvalue weighted by atomic mass is 10.1. The second-order valence-corrected chi connectivity index (χ2v) is 4.62. The molecule has 2 rings (SSSR count). The molecule has 1 aromatic heterocycles. The third kappa shape index (κ3) is 2.49. The van der Waals surface area contributed by atoms with Crippen molar-refractivity contribution in [2.45, 2.75) is 19.9 Å². The normalized spacial score (nSPS) is 10.8. The Morgan fingerprint density at radius 3 is 2.65 bits per heavy atom. The molecule has 0 atom stereocenters. The van der Waals surface area contributed by atoms with Crippen molar-refractivity contribution in [1.29, 1.82) is 0 Å². The van der Waals surface area contributed by atoms with Crippen LogP contribution in [0, 0.1) is 5.82 Å². The van der Waals surface area contributed by atoms with E-state index in [1.54, 1.807) is 10.7 Å². The van der Waals surface area contributed by atoms with Gasteiger partial charge in [0.05, 0.1) is 7.11 Å². The molecule has 0 aliphatic carbocycles. The van der Waals surface area contributed by atoms with Crippen molar-refractivity contribution in [3.63, 3.8) is 0 Å². The van der Waals surface area contributed by atoms with E-state index in [1.807, 2.05) is 13.8 Å². The number of aromatic carboxylic acids is 1. The summed E-state index contributed by atoms with van der Waals surface area (Å²) in [6.45, 7) is 3.77. The fraction of sp³-hybridized carbons (Fsp3) is 0.286. The molecule has 0 aliphatic heterocycles. The highest BCUT2D eigenvalue weighted by molar-refractivity contribution is 5.94. The minimum absolute atomic E-state index is 0.0185. The first-order valence-electron chi connectivity index (χ1n) is 6.10.